The number of ether oxygens (including phenoxy) is 4. The van der Waals surface area contributed by atoms with Gasteiger partial charge >= 0.3 is 0 Å². The van der Waals surface area contributed by atoms with Crippen molar-refractivity contribution in [1.82, 2.24) is 0 Å². The molecule has 2 bridgehead atoms. The van der Waals surface area contributed by atoms with Crippen LogP contribution in [0.5, 0.6) is 11.5 Å². The largest absolute Gasteiger partial charge is 0.499 e. The number of aliphatic hydroxyl groups is 2. The van der Waals surface area contributed by atoms with Crippen LogP contribution in [0.3, 0.4) is 0 Å². The molecule has 4 rings (SSSR count). The maximum atomic E-state index is 11.4. The highest BCUT2D eigenvalue weighted by Gasteiger charge is 2.71. The van der Waals surface area contributed by atoms with Crippen LogP contribution in [0.4, 0.5) is 0 Å². The molecule has 6 unspecified atom stereocenters. The van der Waals surface area contributed by atoms with Crippen molar-refractivity contribution in [2.24, 2.45) is 11.3 Å². The van der Waals surface area contributed by atoms with Crippen LogP contribution in [-0.4, -0.2) is 49.0 Å². The van der Waals surface area contributed by atoms with E-state index in [0.29, 0.717) is 23.7 Å². The van der Waals surface area contributed by atoms with E-state index < -0.39 is 23.2 Å². The van der Waals surface area contributed by atoms with Crippen molar-refractivity contribution in [3.05, 3.63) is 48.3 Å². The van der Waals surface area contributed by atoms with Crippen LogP contribution in [-0.2, 0) is 9.47 Å². The van der Waals surface area contributed by atoms with Crippen LogP contribution in [0.1, 0.15) is 24.8 Å². The van der Waals surface area contributed by atoms with Crippen LogP contribution >= 0.6 is 0 Å². The van der Waals surface area contributed by atoms with E-state index in [4.69, 9.17) is 18.9 Å². The molecule has 0 spiro atoms. The molecule has 2 aliphatic carbocycles. The monoisotopic (exact) mass is 374 g/mol. The Morgan fingerprint density at radius 3 is 2.67 bits per heavy atom. The second-order valence-electron chi connectivity index (χ2n) is 7.60. The van der Waals surface area contributed by atoms with Gasteiger partial charge in [0.25, 0.3) is 0 Å². The molecule has 2 N–H and O–H groups in total. The third-order valence-electron chi connectivity index (χ3n) is 6.72. The highest BCUT2D eigenvalue weighted by molar-refractivity contribution is 5.49. The normalized spacial score (nSPS) is 39.2. The Labute approximate surface area is 159 Å². The van der Waals surface area contributed by atoms with Gasteiger partial charge in [0.15, 0.2) is 11.5 Å². The van der Waals surface area contributed by atoms with E-state index in [0.717, 1.165) is 5.56 Å². The summed E-state index contributed by atoms with van der Waals surface area (Å²) in [6.07, 6.45) is 2.18. The minimum atomic E-state index is -1.24. The van der Waals surface area contributed by atoms with Crippen molar-refractivity contribution < 1.29 is 29.2 Å². The zero-order valence-electron chi connectivity index (χ0n) is 15.8. The number of rotatable bonds is 5. The maximum absolute atomic E-state index is 11.4. The number of fused-ring (bicyclic) bond motifs is 3. The minimum absolute atomic E-state index is 0.0480. The molecule has 1 aromatic carbocycles. The Hall–Kier alpha value is -2.02. The molecule has 1 heterocycles. The van der Waals surface area contributed by atoms with Crippen molar-refractivity contribution >= 4 is 0 Å². The van der Waals surface area contributed by atoms with Gasteiger partial charge in [-0.1, -0.05) is 19.1 Å². The van der Waals surface area contributed by atoms with E-state index in [-0.39, 0.29) is 18.6 Å². The van der Waals surface area contributed by atoms with Gasteiger partial charge in [-0.05, 0) is 36.1 Å². The molecule has 0 aromatic heterocycles. The lowest BCUT2D eigenvalue weighted by Crippen LogP contribution is -2.59. The topological polar surface area (TPSA) is 77.4 Å². The highest BCUT2D eigenvalue weighted by atomic mass is 16.7. The maximum Gasteiger partial charge on any atom is 0.231 e. The quantitative estimate of drug-likeness (QED) is 0.771. The van der Waals surface area contributed by atoms with Gasteiger partial charge in [-0.25, -0.2) is 0 Å². The standard InChI is InChI=1S/C21H26O6/c1-5-8-20-10-16(24-3)18(22)21(25-4,19(20)23)17(12(20)2)13-6-7-14-15(9-13)27-11-26-14/h5-7,9-10,12,17-19,22-23H,1,8,11H2,2-4H3. The molecule has 146 valence electrons. The number of methoxy groups -OCH3 is 2. The molecule has 0 amide bonds. The van der Waals surface area contributed by atoms with Gasteiger partial charge < -0.3 is 29.2 Å². The summed E-state index contributed by atoms with van der Waals surface area (Å²) in [5, 5.41) is 22.6. The van der Waals surface area contributed by atoms with Crippen molar-refractivity contribution in [3.8, 4) is 11.5 Å². The molecular weight excluding hydrogens is 348 g/mol. The fourth-order valence-corrected chi connectivity index (χ4v) is 5.42. The van der Waals surface area contributed by atoms with Gasteiger partial charge in [0.1, 0.15) is 17.5 Å². The molecule has 1 fully saturated rings. The van der Waals surface area contributed by atoms with Crippen molar-refractivity contribution in [3.63, 3.8) is 0 Å². The average Bonchev–Trinajstić information content (AvgIpc) is 3.18. The Kier molecular flexibility index (Phi) is 4.25. The van der Waals surface area contributed by atoms with Crippen LogP contribution in [0, 0.1) is 11.3 Å². The molecule has 6 nitrogen and oxygen atoms in total. The molecule has 0 radical (unpaired) electrons. The van der Waals surface area contributed by atoms with Crippen molar-refractivity contribution in [1.29, 1.82) is 0 Å². The molecule has 1 saturated carbocycles. The summed E-state index contributed by atoms with van der Waals surface area (Å²) in [7, 11) is 3.05. The van der Waals surface area contributed by atoms with Crippen LogP contribution in [0.15, 0.2) is 42.7 Å². The van der Waals surface area contributed by atoms with E-state index in [2.05, 4.69) is 13.5 Å². The van der Waals surface area contributed by atoms with Crippen molar-refractivity contribution in [2.45, 2.75) is 37.1 Å². The van der Waals surface area contributed by atoms with Gasteiger partial charge in [-0.2, -0.15) is 0 Å². The number of hydrogen-bond acceptors (Lipinski definition) is 6. The number of hydrogen-bond donors (Lipinski definition) is 2. The molecule has 3 aliphatic rings. The first-order valence-corrected chi connectivity index (χ1v) is 9.14. The Balaban J connectivity index is 1.91. The molecule has 1 aromatic rings. The third kappa shape index (κ3) is 2.18. The summed E-state index contributed by atoms with van der Waals surface area (Å²) in [6, 6.07) is 5.72. The average molecular weight is 374 g/mol. The number of benzene rings is 1. The molecule has 6 heteroatoms. The lowest BCUT2D eigenvalue weighted by Gasteiger charge is -2.46. The van der Waals surface area contributed by atoms with Crippen LogP contribution in [0.2, 0.25) is 0 Å². The number of aliphatic hydroxyl groups excluding tert-OH is 2. The lowest BCUT2D eigenvalue weighted by atomic mass is 9.69. The summed E-state index contributed by atoms with van der Waals surface area (Å²) in [5.74, 6) is 1.43. The summed E-state index contributed by atoms with van der Waals surface area (Å²) in [6.45, 7) is 6.14. The summed E-state index contributed by atoms with van der Waals surface area (Å²) >= 11 is 0. The van der Waals surface area contributed by atoms with Gasteiger partial charge in [0.2, 0.25) is 6.79 Å². The SMILES string of the molecule is C=CCC12C=C(OC)C(O)C(OC)(C(c3ccc4c(c3)OCO4)C1C)C2O. The van der Waals surface area contributed by atoms with Crippen molar-refractivity contribution in [2.75, 3.05) is 21.0 Å². The van der Waals surface area contributed by atoms with Gasteiger partial charge in [-0.3, -0.25) is 0 Å². The molecule has 6 atom stereocenters. The van der Waals surface area contributed by atoms with E-state index in [1.165, 1.54) is 14.2 Å². The Morgan fingerprint density at radius 2 is 2.00 bits per heavy atom. The first-order chi connectivity index (χ1) is 13.0. The second kappa shape index (κ2) is 6.26. The number of allylic oxidation sites excluding steroid dienone is 1. The molecular formula is C21H26O6. The van der Waals surface area contributed by atoms with Gasteiger partial charge in [0.05, 0.1) is 13.2 Å². The second-order valence-corrected chi connectivity index (χ2v) is 7.60. The van der Waals surface area contributed by atoms with E-state index >= 15 is 0 Å². The van der Waals surface area contributed by atoms with E-state index in [9.17, 15) is 10.2 Å². The first kappa shape index (κ1) is 18.3. The lowest BCUT2D eigenvalue weighted by molar-refractivity contribution is -0.179. The zero-order chi connectivity index (χ0) is 19.4. The zero-order valence-corrected chi connectivity index (χ0v) is 15.8. The fourth-order valence-electron chi connectivity index (χ4n) is 5.42. The molecule has 0 saturated heterocycles. The Morgan fingerprint density at radius 1 is 1.26 bits per heavy atom. The summed E-state index contributed by atoms with van der Waals surface area (Å²) in [5.41, 5.74) is -0.969. The molecule has 27 heavy (non-hydrogen) atoms. The Bertz CT molecular complexity index is 789. The highest BCUT2D eigenvalue weighted by Crippen LogP contribution is 2.65. The third-order valence-corrected chi connectivity index (χ3v) is 6.72. The van der Waals surface area contributed by atoms with Gasteiger partial charge in [0, 0.05) is 18.4 Å². The van der Waals surface area contributed by atoms with Crippen LogP contribution in [0.25, 0.3) is 0 Å². The molecule has 1 aliphatic heterocycles. The predicted molar refractivity (Wildman–Crippen MR) is 98.6 cm³/mol. The summed E-state index contributed by atoms with van der Waals surface area (Å²) in [4.78, 5) is 0. The first-order valence-electron chi connectivity index (χ1n) is 9.14. The van der Waals surface area contributed by atoms with Gasteiger partial charge in [-0.15, -0.1) is 6.58 Å². The fraction of sp³-hybridized carbons (Fsp3) is 0.524. The minimum Gasteiger partial charge on any atom is -0.499 e. The van der Waals surface area contributed by atoms with E-state index in [1.807, 2.05) is 24.3 Å². The smallest absolute Gasteiger partial charge is 0.231 e. The van der Waals surface area contributed by atoms with Crippen LogP contribution < -0.4 is 9.47 Å². The summed E-state index contributed by atoms with van der Waals surface area (Å²) < 4.78 is 22.4. The predicted octanol–water partition coefficient (Wildman–Crippen LogP) is 2.36. The van der Waals surface area contributed by atoms with E-state index in [1.54, 1.807) is 6.08 Å².